The van der Waals surface area contributed by atoms with Gasteiger partial charge in [0.25, 0.3) is 21.5 Å². The summed E-state index contributed by atoms with van der Waals surface area (Å²) in [6.07, 6.45) is 6.83. The largest absolute Gasteiger partial charge is 0.469 e. The number of amides is 2. The third-order valence-corrected chi connectivity index (χ3v) is 11.3. The van der Waals surface area contributed by atoms with Gasteiger partial charge in [0.2, 0.25) is 5.91 Å². The van der Waals surface area contributed by atoms with Crippen molar-refractivity contribution in [3.05, 3.63) is 111 Å². The highest BCUT2D eigenvalue weighted by atomic mass is 35.5. The Hall–Kier alpha value is -5.02. The standard InChI is InChI=1S/C40H44Cl2N6O7S/c1-4-47(20-21-49)28-17-18-33(26(2)23-28)43-37(39(51)45-35-24-32(42)36(25-31(35)41)56(53,54)46-27(3)50)38-44-34-16-10-9-15-30(34)40(52)48(38)19-11-7-5-6-8-13-29-14-12-22-55-29/h9-10,12,14-18,22-25,49H,4-8,11,13,19-21H2,1-3H3,(H,45,51)(H,46,50). The minimum Gasteiger partial charge on any atom is -0.469 e. The number of hydrogen-bond donors (Lipinski definition) is 3. The number of aliphatic imine (C=N–C) groups is 1. The third kappa shape index (κ3) is 10.4. The SMILES string of the molecule is CCN(CCO)c1ccc(N=C(C(=O)Nc2cc(Cl)c(S(=O)(=O)NC(C)=O)cc2Cl)c2nc3ccccc3c(=O)n2CCCCCCCc2ccco2)c(C)c1. The molecule has 2 amide bonds. The molecule has 0 fully saturated rings. The minimum atomic E-state index is -4.36. The number of nitrogens with one attached hydrogen (secondary N) is 2. The first-order valence-corrected chi connectivity index (χ1v) is 20.5. The second kappa shape index (κ2) is 19.2. The summed E-state index contributed by atoms with van der Waals surface area (Å²) in [6, 6.07) is 18.3. The number of fused-ring (bicyclic) bond motifs is 1. The van der Waals surface area contributed by atoms with Gasteiger partial charge in [0.05, 0.1) is 45.2 Å². The number of carbonyl (C=O) groups excluding carboxylic acids is 2. The number of aliphatic hydroxyl groups excluding tert-OH is 1. The van der Waals surface area contributed by atoms with Gasteiger partial charge in [-0.2, -0.15) is 0 Å². The molecule has 5 rings (SSSR count). The van der Waals surface area contributed by atoms with Crippen LogP contribution in [0.25, 0.3) is 10.9 Å². The zero-order chi connectivity index (χ0) is 40.4. The lowest BCUT2D eigenvalue weighted by Gasteiger charge is -2.22. The van der Waals surface area contributed by atoms with Crippen molar-refractivity contribution < 1.29 is 27.5 Å². The van der Waals surface area contributed by atoms with Crippen molar-refractivity contribution in [3.63, 3.8) is 0 Å². The van der Waals surface area contributed by atoms with Gasteiger partial charge in [-0.05, 0) is 86.8 Å². The van der Waals surface area contributed by atoms with Crippen molar-refractivity contribution in [2.75, 3.05) is 29.9 Å². The zero-order valence-corrected chi connectivity index (χ0v) is 33.7. The van der Waals surface area contributed by atoms with Crippen molar-refractivity contribution >= 4 is 78.7 Å². The Balaban J connectivity index is 1.55. The van der Waals surface area contributed by atoms with Crippen molar-refractivity contribution in [1.82, 2.24) is 14.3 Å². The number of likely N-dealkylation sites (N-methyl/N-ethyl adjacent to an activating group) is 1. The molecular formula is C40H44Cl2N6O7S. The smallest absolute Gasteiger partial charge is 0.278 e. The summed E-state index contributed by atoms with van der Waals surface area (Å²) < 4.78 is 34.2. The van der Waals surface area contributed by atoms with Gasteiger partial charge in [0.1, 0.15) is 10.7 Å². The van der Waals surface area contributed by atoms with Gasteiger partial charge in [0.15, 0.2) is 11.5 Å². The number of aryl methyl sites for hydroxylation is 2. The molecule has 56 heavy (non-hydrogen) atoms. The van der Waals surface area contributed by atoms with E-state index in [1.165, 1.54) is 4.57 Å². The number of rotatable bonds is 18. The maximum absolute atomic E-state index is 14.5. The van der Waals surface area contributed by atoms with Crippen LogP contribution in [0.4, 0.5) is 17.1 Å². The van der Waals surface area contributed by atoms with Crippen LogP contribution in [0.2, 0.25) is 10.0 Å². The number of para-hydroxylation sites is 1. The number of furan rings is 1. The van der Waals surface area contributed by atoms with Crippen LogP contribution in [0.1, 0.15) is 63.1 Å². The molecule has 16 heteroatoms. The molecular weight excluding hydrogens is 779 g/mol. The Kier molecular flexibility index (Phi) is 14.5. The molecule has 0 atom stereocenters. The third-order valence-electron chi connectivity index (χ3n) is 9.04. The number of anilines is 2. The summed E-state index contributed by atoms with van der Waals surface area (Å²) >= 11 is 12.9. The van der Waals surface area contributed by atoms with Crippen LogP contribution in [-0.2, 0) is 32.6 Å². The van der Waals surface area contributed by atoms with E-state index in [1.807, 2.05) is 47.7 Å². The number of sulfonamides is 1. The van der Waals surface area contributed by atoms with Crippen LogP contribution in [0.5, 0.6) is 0 Å². The molecule has 0 bridgehead atoms. The summed E-state index contributed by atoms with van der Waals surface area (Å²) in [6.45, 7) is 6.16. The number of aromatic nitrogens is 2. The van der Waals surface area contributed by atoms with E-state index in [-0.39, 0.29) is 46.0 Å². The number of halogens is 2. The molecule has 3 N–H and O–H groups in total. The molecule has 0 unspecified atom stereocenters. The molecule has 0 aliphatic carbocycles. The lowest BCUT2D eigenvalue weighted by Crippen LogP contribution is -2.34. The van der Waals surface area contributed by atoms with E-state index in [0.717, 1.165) is 62.6 Å². The molecule has 13 nitrogen and oxygen atoms in total. The predicted molar refractivity (Wildman–Crippen MR) is 220 cm³/mol. The quantitative estimate of drug-likeness (QED) is 0.0610. The lowest BCUT2D eigenvalue weighted by atomic mass is 10.1. The topological polar surface area (TPSA) is 176 Å². The van der Waals surface area contributed by atoms with Crippen LogP contribution in [-0.4, -0.2) is 60.3 Å². The van der Waals surface area contributed by atoms with E-state index in [2.05, 4.69) is 5.32 Å². The van der Waals surface area contributed by atoms with E-state index in [9.17, 15) is 27.9 Å². The normalized spacial score (nSPS) is 11.9. The van der Waals surface area contributed by atoms with Gasteiger partial charge in [-0.1, -0.05) is 54.6 Å². The summed E-state index contributed by atoms with van der Waals surface area (Å²) in [5, 5.41) is 12.1. The number of nitrogens with zero attached hydrogens (tertiary/aromatic N) is 4. The first kappa shape index (κ1) is 42.1. The van der Waals surface area contributed by atoms with Crippen molar-refractivity contribution in [2.24, 2.45) is 4.99 Å². The molecule has 0 radical (unpaired) electrons. The first-order valence-electron chi connectivity index (χ1n) is 18.2. The van der Waals surface area contributed by atoms with Crippen molar-refractivity contribution in [2.45, 2.75) is 70.7 Å². The Bertz CT molecular complexity index is 2400. The van der Waals surface area contributed by atoms with Crippen molar-refractivity contribution in [1.29, 1.82) is 0 Å². The summed E-state index contributed by atoms with van der Waals surface area (Å²) in [4.78, 5) is 51.3. The number of carbonyl (C=O) groups is 2. The van der Waals surface area contributed by atoms with Gasteiger partial charge in [-0.25, -0.2) is 23.1 Å². The van der Waals surface area contributed by atoms with Crippen LogP contribution in [0.3, 0.4) is 0 Å². The second-order valence-corrected chi connectivity index (χ2v) is 15.6. The molecule has 2 heterocycles. The average molecular weight is 824 g/mol. The Morgan fingerprint density at radius 1 is 0.982 bits per heavy atom. The van der Waals surface area contributed by atoms with E-state index < -0.39 is 26.7 Å². The van der Waals surface area contributed by atoms with Gasteiger partial charge in [-0.15, -0.1) is 0 Å². The highest BCUT2D eigenvalue weighted by Crippen LogP contribution is 2.33. The number of hydrogen-bond acceptors (Lipinski definition) is 10. The van der Waals surface area contributed by atoms with Crippen LogP contribution < -0.4 is 20.5 Å². The number of aliphatic hydroxyl groups is 1. The Morgan fingerprint density at radius 2 is 1.73 bits per heavy atom. The number of unbranched alkanes of at least 4 members (excludes halogenated alkanes) is 4. The van der Waals surface area contributed by atoms with Crippen LogP contribution in [0.15, 0.2) is 92.1 Å². The monoisotopic (exact) mass is 822 g/mol. The van der Waals surface area contributed by atoms with E-state index in [1.54, 1.807) is 36.6 Å². The fourth-order valence-electron chi connectivity index (χ4n) is 6.24. The molecule has 0 saturated carbocycles. The molecule has 0 spiro atoms. The zero-order valence-electron chi connectivity index (χ0n) is 31.3. The highest BCUT2D eigenvalue weighted by Gasteiger charge is 2.26. The average Bonchev–Trinajstić information content (AvgIpc) is 3.68. The second-order valence-electron chi connectivity index (χ2n) is 13.1. The molecule has 0 saturated heterocycles. The Morgan fingerprint density at radius 3 is 2.43 bits per heavy atom. The van der Waals surface area contributed by atoms with Gasteiger partial charge in [-0.3, -0.25) is 19.0 Å². The molecule has 0 aliphatic rings. The molecule has 296 valence electrons. The molecule has 3 aromatic carbocycles. The minimum absolute atomic E-state index is 0.0232. The lowest BCUT2D eigenvalue weighted by molar-refractivity contribution is -0.117. The van der Waals surface area contributed by atoms with Gasteiger partial charge < -0.3 is 19.7 Å². The molecule has 5 aromatic rings. The molecule has 0 aliphatic heterocycles. The fourth-order valence-corrected chi connectivity index (χ4v) is 8.06. The Labute approximate surface area is 335 Å². The number of benzene rings is 3. The maximum atomic E-state index is 14.5. The van der Waals surface area contributed by atoms with Gasteiger partial charge in [0, 0.05) is 38.7 Å². The van der Waals surface area contributed by atoms with E-state index in [4.69, 9.17) is 37.6 Å². The molecule has 2 aromatic heterocycles. The predicted octanol–water partition coefficient (Wildman–Crippen LogP) is 7.20. The summed E-state index contributed by atoms with van der Waals surface area (Å²) in [5.41, 5.74) is 1.76. The fraction of sp³-hybridized carbons (Fsp3) is 0.325. The van der Waals surface area contributed by atoms with Crippen LogP contribution in [0, 0.1) is 6.92 Å². The van der Waals surface area contributed by atoms with E-state index in [0.29, 0.717) is 41.7 Å². The maximum Gasteiger partial charge on any atom is 0.278 e. The highest BCUT2D eigenvalue weighted by molar-refractivity contribution is 7.90. The summed E-state index contributed by atoms with van der Waals surface area (Å²) in [7, 11) is -4.36. The van der Waals surface area contributed by atoms with E-state index >= 15 is 0 Å². The van der Waals surface area contributed by atoms with Gasteiger partial charge >= 0.3 is 0 Å². The summed E-state index contributed by atoms with van der Waals surface area (Å²) in [5.74, 6) is -0.655. The van der Waals surface area contributed by atoms with Crippen molar-refractivity contribution in [3.8, 4) is 0 Å². The van der Waals surface area contributed by atoms with Crippen LogP contribution >= 0.6 is 23.2 Å². The first-order chi connectivity index (χ1) is 26.8.